The number of carbonyl (C=O) groups excluding carboxylic acids is 1. The molecule has 0 saturated carbocycles. The standard InChI is InChI=1S/C15H24N2O2/c1-5-13(15(16)18)19-14-7-6-11(4)8-12(14)9-17-10(2)3/h6-8,10,13,17H,5,9H2,1-4H3,(H2,16,18). The van der Waals surface area contributed by atoms with Crippen molar-refractivity contribution >= 4 is 5.91 Å². The van der Waals surface area contributed by atoms with Gasteiger partial charge < -0.3 is 15.8 Å². The van der Waals surface area contributed by atoms with E-state index in [0.29, 0.717) is 19.0 Å². The van der Waals surface area contributed by atoms with Gasteiger partial charge in [0.05, 0.1) is 0 Å². The molecule has 1 unspecified atom stereocenters. The Morgan fingerprint density at radius 2 is 2.11 bits per heavy atom. The maximum Gasteiger partial charge on any atom is 0.258 e. The van der Waals surface area contributed by atoms with E-state index in [4.69, 9.17) is 10.5 Å². The molecule has 1 aromatic rings. The van der Waals surface area contributed by atoms with E-state index in [1.165, 1.54) is 5.56 Å². The van der Waals surface area contributed by atoms with E-state index in [0.717, 1.165) is 11.3 Å². The lowest BCUT2D eigenvalue weighted by Gasteiger charge is -2.18. The average Bonchev–Trinajstić information content (AvgIpc) is 2.34. The molecule has 19 heavy (non-hydrogen) atoms. The minimum atomic E-state index is -0.569. The number of benzene rings is 1. The zero-order chi connectivity index (χ0) is 14.4. The molecule has 0 spiro atoms. The van der Waals surface area contributed by atoms with E-state index >= 15 is 0 Å². The third-order valence-corrected chi connectivity index (χ3v) is 2.87. The first-order valence-electron chi connectivity index (χ1n) is 6.73. The molecular formula is C15H24N2O2. The largest absolute Gasteiger partial charge is 0.480 e. The van der Waals surface area contributed by atoms with Crippen molar-refractivity contribution in [1.29, 1.82) is 0 Å². The van der Waals surface area contributed by atoms with Crippen LogP contribution in [0.4, 0.5) is 0 Å². The second kappa shape index (κ2) is 7.14. The third kappa shape index (κ3) is 4.91. The summed E-state index contributed by atoms with van der Waals surface area (Å²) in [5.74, 6) is 0.301. The molecule has 0 aliphatic heterocycles. The second-order valence-corrected chi connectivity index (χ2v) is 5.06. The van der Waals surface area contributed by atoms with Crippen LogP contribution in [0, 0.1) is 6.92 Å². The van der Waals surface area contributed by atoms with Crippen LogP contribution < -0.4 is 15.8 Å². The SMILES string of the molecule is CCC(Oc1ccc(C)cc1CNC(C)C)C(N)=O. The summed E-state index contributed by atoms with van der Waals surface area (Å²) in [5, 5.41) is 3.35. The van der Waals surface area contributed by atoms with Crippen LogP contribution in [0.25, 0.3) is 0 Å². The number of primary amides is 1. The Bertz CT molecular complexity index is 430. The molecule has 0 aliphatic carbocycles. The fourth-order valence-corrected chi connectivity index (χ4v) is 1.77. The normalized spacial score (nSPS) is 12.5. The number of ether oxygens (including phenoxy) is 1. The molecule has 0 aliphatic rings. The summed E-state index contributed by atoms with van der Waals surface area (Å²) in [6.07, 6.45) is 0.000725. The van der Waals surface area contributed by atoms with Gasteiger partial charge in [0.1, 0.15) is 5.75 Å². The lowest BCUT2D eigenvalue weighted by molar-refractivity contribution is -0.124. The monoisotopic (exact) mass is 264 g/mol. The van der Waals surface area contributed by atoms with Crippen molar-refractivity contribution in [2.45, 2.75) is 52.8 Å². The number of nitrogens with one attached hydrogen (secondary N) is 1. The molecule has 4 heteroatoms. The molecule has 1 amide bonds. The maximum atomic E-state index is 11.3. The van der Waals surface area contributed by atoms with Crippen LogP contribution in [0.5, 0.6) is 5.75 Å². The molecule has 0 fully saturated rings. The topological polar surface area (TPSA) is 64.3 Å². The third-order valence-electron chi connectivity index (χ3n) is 2.87. The van der Waals surface area contributed by atoms with Crippen LogP contribution in [0.15, 0.2) is 18.2 Å². The summed E-state index contributed by atoms with van der Waals surface area (Å²) >= 11 is 0. The van der Waals surface area contributed by atoms with Gasteiger partial charge in [-0.25, -0.2) is 0 Å². The summed E-state index contributed by atoms with van der Waals surface area (Å²) in [6, 6.07) is 6.34. The molecule has 1 rings (SSSR count). The van der Waals surface area contributed by atoms with Gasteiger partial charge in [-0.2, -0.15) is 0 Å². The molecule has 0 bridgehead atoms. The first-order valence-corrected chi connectivity index (χ1v) is 6.73. The highest BCUT2D eigenvalue weighted by atomic mass is 16.5. The predicted octanol–water partition coefficient (Wildman–Crippen LogP) is 2.14. The van der Waals surface area contributed by atoms with Crippen molar-refractivity contribution in [2.75, 3.05) is 0 Å². The number of nitrogens with two attached hydrogens (primary N) is 1. The average molecular weight is 264 g/mol. The lowest BCUT2D eigenvalue weighted by atomic mass is 10.1. The van der Waals surface area contributed by atoms with Gasteiger partial charge in [-0.3, -0.25) is 4.79 Å². The highest BCUT2D eigenvalue weighted by Crippen LogP contribution is 2.22. The highest BCUT2D eigenvalue weighted by molar-refractivity contribution is 5.79. The van der Waals surface area contributed by atoms with Crippen molar-refractivity contribution in [1.82, 2.24) is 5.32 Å². The molecule has 0 aromatic heterocycles. The van der Waals surface area contributed by atoms with E-state index in [2.05, 4.69) is 25.2 Å². The second-order valence-electron chi connectivity index (χ2n) is 5.06. The molecule has 0 radical (unpaired) electrons. The van der Waals surface area contributed by atoms with Gasteiger partial charge in [-0.15, -0.1) is 0 Å². The molecular weight excluding hydrogens is 240 g/mol. The molecule has 0 saturated heterocycles. The van der Waals surface area contributed by atoms with E-state index in [1.807, 2.05) is 26.0 Å². The molecule has 106 valence electrons. The van der Waals surface area contributed by atoms with Gasteiger partial charge in [0.2, 0.25) is 0 Å². The fraction of sp³-hybridized carbons (Fsp3) is 0.533. The quantitative estimate of drug-likeness (QED) is 0.793. The van der Waals surface area contributed by atoms with Crippen LogP contribution in [0.2, 0.25) is 0 Å². The first-order chi connectivity index (χ1) is 8.93. The first kappa shape index (κ1) is 15.5. The van der Waals surface area contributed by atoms with Gasteiger partial charge >= 0.3 is 0 Å². The van der Waals surface area contributed by atoms with Gasteiger partial charge in [-0.1, -0.05) is 38.5 Å². The summed E-state index contributed by atoms with van der Waals surface area (Å²) in [4.78, 5) is 11.3. The minimum absolute atomic E-state index is 0.395. The number of amides is 1. The molecule has 3 N–H and O–H groups in total. The van der Waals surface area contributed by atoms with Gasteiger partial charge in [-0.05, 0) is 19.4 Å². The number of hydrogen-bond donors (Lipinski definition) is 2. The number of aryl methyl sites for hydroxylation is 1. The lowest BCUT2D eigenvalue weighted by Crippen LogP contribution is -2.33. The van der Waals surface area contributed by atoms with Crippen LogP contribution in [0.3, 0.4) is 0 Å². The Hall–Kier alpha value is -1.55. The van der Waals surface area contributed by atoms with Crippen LogP contribution in [0.1, 0.15) is 38.3 Å². The van der Waals surface area contributed by atoms with Gasteiger partial charge in [0, 0.05) is 18.2 Å². The van der Waals surface area contributed by atoms with Crippen LogP contribution in [-0.2, 0) is 11.3 Å². The van der Waals surface area contributed by atoms with E-state index in [1.54, 1.807) is 0 Å². The predicted molar refractivity (Wildman–Crippen MR) is 77.1 cm³/mol. The molecule has 1 atom stereocenters. The summed E-state index contributed by atoms with van der Waals surface area (Å²) < 4.78 is 5.73. The van der Waals surface area contributed by atoms with Crippen LogP contribution >= 0.6 is 0 Å². The Labute approximate surface area is 115 Å². The summed E-state index contributed by atoms with van der Waals surface area (Å²) in [6.45, 7) is 8.82. The molecule has 1 aromatic carbocycles. The molecule has 0 heterocycles. The fourth-order valence-electron chi connectivity index (χ4n) is 1.77. The maximum absolute atomic E-state index is 11.3. The Morgan fingerprint density at radius 3 is 2.63 bits per heavy atom. The van der Waals surface area contributed by atoms with Crippen molar-refractivity contribution < 1.29 is 9.53 Å². The Morgan fingerprint density at radius 1 is 1.42 bits per heavy atom. The number of carbonyl (C=O) groups is 1. The van der Waals surface area contributed by atoms with Crippen molar-refractivity contribution in [2.24, 2.45) is 5.73 Å². The number of hydrogen-bond acceptors (Lipinski definition) is 3. The zero-order valence-electron chi connectivity index (χ0n) is 12.2. The zero-order valence-corrected chi connectivity index (χ0v) is 12.2. The summed E-state index contributed by atoms with van der Waals surface area (Å²) in [5.41, 5.74) is 7.53. The van der Waals surface area contributed by atoms with E-state index in [9.17, 15) is 4.79 Å². The van der Waals surface area contributed by atoms with E-state index in [-0.39, 0.29) is 0 Å². The van der Waals surface area contributed by atoms with Gasteiger partial charge in [0.15, 0.2) is 6.10 Å². The molecule has 4 nitrogen and oxygen atoms in total. The van der Waals surface area contributed by atoms with Crippen LogP contribution in [-0.4, -0.2) is 18.1 Å². The van der Waals surface area contributed by atoms with Crippen molar-refractivity contribution in [3.05, 3.63) is 29.3 Å². The van der Waals surface area contributed by atoms with Crippen molar-refractivity contribution in [3.8, 4) is 5.75 Å². The Kier molecular flexibility index (Phi) is 5.83. The highest BCUT2D eigenvalue weighted by Gasteiger charge is 2.16. The summed E-state index contributed by atoms with van der Waals surface area (Å²) in [7, 11) is 0. The number of rotatable bonds is 7. The smallest absolute Gasteiger partial charge is 0.258 e. The van der Waals surface area contributed by atoms with Crippen molar-refractivity contribution in [3.63, 3.8) is 0 Å². The Balaban J connectivity index is 2.89. The van der Waals surface area contributed by atoms with E-state index < -0.39 is 12.0 Å². The minimum Gasteiger partial charge on any atom is -0.480 e. The van der Waals surface area contributed by atoms with Gasteiger partial charge in [0.25, 0.3) is 5.91 Å².